The molecule has 0 saturated heterocycles. The second-order valence-electron chi connectivity index (χ2n) is 5.79. The van der Waals surface area contributed by atoms with Crippen molar-refractivity contribution in [3.63, 3.8) is 0 Å². The third kappa shape index (κ3) is 2.19. The normalized spacial score (nSPS) is 26.8. The van der Waals surface area contributed by atoms with Gasteiger partial charge in [0.05, 0.1) is 0 Å². The van der Waals surface area contributed by atoms with Crippen LogP contribution in [0, 0.1) is 5.92 Å². The van der Waals surface area contributed by atoms with Crippen LogP contribution in [0.4, 0.5) is 5.69 Å². The molecule has 2 aliphatic rings. The van der Waals surface area contributed by atoms with E-state index in [9.17, 15) is 0 Å². The summed E-state index contributed by atoms with van der Waals surface area (Å²) in [6.45, 7) is 4.55. The first-order valence-electron chi connectivity index (χ1n) is 6.78. The SMILES string of the molecule is CC1CC(NCc2ccc3c(c2)CCN3C)C1. The van der Waals surface area contributed by atoms with Gasteiger partial charge in [0.15, 0.2) is 0 Å². The van der Waals surface area contributed by atoms with Crippen LogP contribution in [-0.2, 0) is 13.0 Å². The monoisotopic (exact) mass is 230 g/mol. The molecule has 1 N–H and O–H groups in total. The van der Waals surface area contributed by atoms with Gasteiger partial charge in [-0.2, -0.15) is 0 Å². The largest absolute Gasteiger partial charge is 0.374 e. The van der Waals surface area contributed by atoms with Crippen molar-refractivity contribution < 1.29 is 0 Å². The molecule has 3 rings (SSSR count). The molecule has 2 nitrogen and oxygen atoms in total. The molecule has 0 spiro atoms. The summed E-state index contributed by atoms with van der Waals surface area (Å²) in [5, 5.41) is 3.65. The fraction of sp³-hybridized carbons (Fsp3) is 0.600. The Kier molecular flexibility index (Phi) is 2.83. The van der Waals surface area contributed by atoms with Crippen molar-refractivity contribution >= 4 is 5.69 Å². The van der Waals surface area contributed by atoms with E-state index in [0.29, 0.717) is 0 Å². The minimum atomic E-state index is 0.765. The highest BCUT2D eigenvalue weighted by Gasteiger charge is 2.24. The topological polar surface area (TPSA) is 15.3 Å². The van der Waals surface area contributed by atoms with Crippen LogP contribution in [0.3, 0.4) is 0 Å². The average Bonchev–Trinajstić information content (AvgIpc) is 2.65. The zero-order valence-corrected chi connectivity index (χ0v) is 10.9. The van der Waals surface area contributed by atoms with Crippen LogP contribution in [0.5, 0.6) is 0 Å². The molecule has 1 aliphatic carbocycles. The van der Waals surface area contributed by atoms with Crippen LogP contribution in [0.1, 0.15) is 30.9 Å². The number of anilines is 1. The molecule has 1 aliphatic heterocycles. The lowest BCUT2D eigenvalue weighted by atomic mass is 9.82. The first-order chi connectivity index (χ1) is 8.22. The van der Waals surface area contributed by atoms with E-state index in [1.54, 1.807) is 0 Å². The summed E-state index contributed by atoms with van der Waals surface area (Å²) < 4.78 is 0. The number of rotatable bonds is 3. The second kappa shape index (κ2) is 4.34. The van der Waals surface area contributed by atoms with E-state index in [4.69, 9.17) is 0 Å². The van der Waals surface area contributed by atoms with Gasteiger partial charge in [-0.1, -0.05) is 19.1 Å². The Morgan fingerprint density at radius 3 is 2.94 bits per heavy atom. The molecule has 0 aromatic heterocycles. The van der Waals surface area contributed by atoms with Gasteiger partial charge in [-0.15, -0.1) is 0 Å². The van der Waals surface area contributed by atoms with Gasteiger partial charge in [-0.3, -0.25) is 0 Å². The molecule has 2 heteroatoms. The minimum absolute atomic E-state index is 0.765. The zero-order chi connectivity index (χ0) is 11.8. The Labute approximate surface area is 104 Å². The van der Waals surface area contributed by atoms with Gasteiger partial charge in [0.1, 0.15) is 0 Å². The highest BCUT2D eigenvalue weighted by atomic mass is 15.1. The molecule has 1 heterocycles. The van der Waals surface area contributed by atoms with Gasteiger partial charge in [0.2, 0.25) is 0 Å². The summed E-state index contributed by atoms with van der Waals surface area (Å²) in [7, 11) is 2.18. The molecule has 0 radical (unpaired) electrons. The predicted molar refractivity (Wildman–Crippen MR) is 72.4 cm³/mol. The van der Waals surface area contributed by atoms with Crippen LogP contribution in [0.15, 0.2) is 18.2 Å². The average molecular weight is 230 g/mol. The molecule has 0 amide bonds. The molecule has 1 saturated carbocycles. The molecule has 0 atom stereocenters. The van der Waals surface area contributed by atoms with Crippen LogP contribution in [0.25, 0.3) is 0 Å². The molecule has 92 valence electrons. The lowest BCUT2D eigenvalue weighted by Crippen LogP contribution is -2.39. The molecule has 0 unspecified atom stereocenters. The standard InChI is InChI=1S/C15H22N2/c1-11-7-14(8-11)16-10-12-3-4-15-13(9-12)5-6-17(15)2/h3-4,9,11,14,16H,5-8,10H2,1-2H3. The lowest BCUT2D eigenvalue weighted by molar-refractivity contribution is 0.240. The number of fused-ring (bicyclic) bond motifs is 1. The van der Waals surface area contributed by atoms with Crippen LogP contribution >= 0.6 is 0 Å². The maximum Gasteiger partial charge on any atom is 0.0397 e. The van der Waals surface area contributed by atoms with Crippen LogP contribution in [-0.4, -0.2) is 19.6 Å². The zero-order valence-electron chi connectivity index (χ0n) is 10.9. The quantitative estimate of drug-likeness (QED) is 0.858. The Hall–Kier alpha value is -1.02. The first-order valence-corrected chi connectivity index (χ1v) is 6.78. The van der Waals surface area contributed by atoms with E-state index >= 15 is 0 Å². The summed E-state index contributed by atoms with van der Waals surface area (Å²) in [5.74, 6) is 0.932. The van der Waals surface area contributed by atoms with Gasteiger partial charge < -0.3 is 10.2 Å². The highest BCUT2D eigenvalue weighted by Crippen LogP contribution is 2.29. The third-order valence-electron chi connectivity index (χ3n) is 4.24. The number of likely N-dealkylation sites (N-methyl/N-ethyl adjacent to an activating group) is 1. The summed E-state index contributed by atoms with van der Waals surface area (Å²) >= 11 is 0. The molecule has 1 aromatic carbocycles. The predicted octanol–water partition coefficient (Wildman–Crippen LogP) is 2.57. The third-order valence-corrected chi connectivity index (χ3v) is 4.24. The summed E-state index contributed by atoms with van der Waals surface area (Å²) in [6.07, 6.45) is 3.92. The smallest absolute Gasteiger partial charge is 0.0397 e. The number of nitrogens with one attached hydrogen (secondary N) is 1. The number of nitrogens with zero attached hydrogens (tertiary/aromatic N) is 1. The Morgan fingerprint density at radius 1 is 1.35 bits per heavy atom. The lowest BCUT2D eigenvalue weighted by Gasteiger charge is -2.33. The van der Waals surface area contributed by atoms with Gasteiger partial charge in [0, 0.05) is 31.9 Å². The van der Waals surface area contributed by atoms with Crippen LogP contribution < -0.4 is 10.2 Å². The van der Waals surface area contributed by atoms with Gasteiger partial charge in [0.25, 0.3) is 0 Å². The van der Waals surface area contributed by atoms with Crippen LogP contribution in [0.2, 0.25) is 0 Å². The van der Waals surface area contributed by atoms with Crippen molar-refractivity contribution in [2.24, 2.45) is 5.92 Å². The maximum absolute atomic E-state index is 3.65. The Morgan fingerprint density at radius 2 is 2.18 bits per heavy atom. The molecule has 1 aromatic rings. The van der Waals surface area contributed by atoms with E-state index in [1.807, 2.05) is 0 Å². The van der Waals surface area contributed by atoms with E-state index in [1.165, 1.54) is 42.6 Å². The molecule has 0 bridgehead atoms. The highest BCUT2D eigenvalue weighted by molar-refractivity contribution is 5.58. The summed E-state index contributed by atoms with van der Waals surface area (Å²) in [5.41, 5.74) is 4.39. The number of benzene rings is 1. The van der Waals surface area contributed by atoms with E-state index in [-0.39, 0.29) is 0 Å². The first kappa shape index (κ1) is 11.1. The van der Waals surface area contributed by atoms with Gasteiger partial charge in [-0.25, -0.2) is 0 Å². The fourth-order valence-electron chi connectivity index (χ4n) is 3.06. The van der Waals surface area contributed by atoms with Gasteiger partial charge in [-0.05, 0) is 42.4 Å². The summed E-state index contributed by atoms with van der Waals surface area (Å²) in [4.78, 5) is 2.35. The van der Waals surface area contributed by atoms with Gasteiger partial charge >= 0.3 is 0 Å². The number of hydrogen-bond acceptors (Lipinski definition) is 2. The van der Waals surface area contributed by atoms with Crippen molar-refractivity contribution in [2.45, 2.75) is 38.8 Å². The number of hydrogen-bond donors (Lipinski definition) is 1. The van der Waals surface area contributed by atoms with Crippen molar-refractivity contribution in [1.82, 2.24) is 5.32 Å². The second-order valence-corrected chi connectivity index (χ2v) is 5.79. The molecule has 1 fully saturated rings. The summed E-state index contributed by atoms with van der Waals surface area (Å²) in [6, 6.07) is 7.70. The molecule has 17 heavy (non-hydrogen) atoms. The molecular weight excluding hydrogens is 208 g/mol. The van der Waals surface area contributed by atoms with Crippen molar-refractivity contribution in [2.75, 3.05) is 18.5 Å². The van der Waals surface area contributed by atoms with Crippen molar-refractivity contribution in [1.29, 1.82) is 0 Å². The van der Waals surface area contributed by atoms with Crippen molar-refractivity contribution in [3.8, 4) is 0 Å². The fourth-order valence-corrected chi connectivity index (χ4v) is 3.06. The Balaban J connectivity index is 1.61. The van der Waals surface area contributed by atoms with E-state index in [2.05, 4.69) is 42.4 Å². The molecular formula is C15H22N2. The maximum atomic E-state index is 3.65. The van der Waals surface area contributed by atoms with Crippen molar-refractivity contribution in [3.05, 3.63) is 29.3 Å². The minimum Gasteiger partial charge on any atom is -0.374 e. The van der Waals surface area contributed by atoms with E-state index < -0.39 is 0 Å². The van der Waals surface area contributed by atoms with E-state index in [0.717, 1.165) is 18.5 Å². The Bertz CT molecular complexity index is 407.